The summed E-state index contributed by atoms with van der Waals surface area (Å²) in [6.45, 7) is 2.06. The Balaban J connectivity index is 1.06. The van der Waals surface area contributed by atoms with Gasteiger partial charge >= 0.3 is 5.97 Å². The van der Waals surface area contributed by atoms with Crippen molar-refractivity contribution in [3.05, 3.63) is 76.5 Å². The molecule has 0 spiro atoms. The predicted octanol–water partition coefficient (Wildman–Crippen LogP) is -0.562. The number of benzene rings is 3. The third kappa shape index (κ3) is 9.84. The van der Waals surface area contributed by atoms with Gasteiger partial charge in [-0.05, 0) is 55.8 Å². The van der Waals surface area contributed by atoms with Gasteiger partial charge in [0.2, 0.25) is 17.5 Å². The van der Waals surface area contributed by atoms with Crippen LogP contribution < -0.4 is 14.9 Å². The fourth-order valence-corrected chi connectivity index (χ4v) is 7.42. The van der Waals surface area contributed by atoms with Crippen LogP contribution in [0, 0.1) is 0 Å². The third-order valence-electron chi connectivity index (χ3n) is 11.1. The molecular formula is C43H48O22. The first-order valence-corrected chi connectivity index (χ1v) is 20.1. The van der Waals surface area contributed by atoms with Gasteiger partial charge in [-0.3, -0.25) is 4.79 Å². The summed E-state index contributed by atoms with van der Waals surface area (Å²) in [6.07, 6.45) is -22.9. The number of phenolic OH excluding ortho intramolecular Hbond substituents is 4. The smallest absolute Gasteiger partial charge is 0.331 e. The first kappa shape index (κ1) is 47.4. The zero-order valence-corrected chi connectivity index (χ0v) is 34.6. The van der Waals surface area contributed by atoms with E-state index in [4.69, 9.17) is 42.3 Å². The largest absolute Gasteiger partial charge is 0.508 e. The molecule has 4 aromatic rings. The van der Waals surface area contributed by atoms with E-state index in [1.54, 1.807) is 0 Å². The van der Waals surface area contributed by atoms with Crippen molar-refractivity contribution in [1.82, 2.24) is 0 Å². The third-order valence-corrected chi connectivity index (χ3v) is 11.1. The second-order valence-corrected chi connectivity index (χ2v) is 15.6. The van der Waals surface area contributed by atoms with Crippen molar-refractivity contribution in [3.63, 3.8) is 0 Å². The summed E-state index contributed by atoms with van der Waals surface area (Å²) in [5.74, 6) is -3.67. The molecule has 3 saturated heterocycles. The molecule has 7 rings (SSSR count). The Kier molecular flexibility index (Phi) is 14.2. The molecule has 4 heterocycles. The molecular weight excluding hydrogens is 868 g/mol. The molecule has 3 aromatic carbocycles. The van der Waals surface area contributed by atoms with Gasteiger partial charge in [0, 0.05) is 23.8 Å². The number of fused-ring (bicyclic) bond motifs is 1. The molecule has 22 nitrogen and oxygen atoms in total. The molecule has 0 unspecified atom stereocenters. The van der Waals surface area contributed by atoms with Crippen LogP contribution in [0.1, 0.15) is 19.4 Å². The summed E-state index contributed by atoms with van der Waals surface area (Å²) in [6, 6.07) is 11.6. The Labute approximate surface area is 367 Å². The quantitative estimate of drug-likeness (QED) is 0.0482. The van der Waals surface area contributed by atoms with E-state index in [9.17, 15) is 65.8 Å². The molecule has 0 saturated carbocycles. The SMILES string of the molecule is COc1cc(O)c2c(=O)c(O[C@@H]3O[C@@H](CO[C@@H]4O[C@@H](C)[C@H](O)[C@H](O[C@@H]5O[C@@H](C)[C@H](O)[C@H](OC(=O)/C=C/c6ccc(O)cc6)[C@H]5O)[C@H]4O)[C@H](O)[C@@H](O)[C@@H]3O)c(-c3ccc(O)c(O)c3)oc2c1. The molecule has 1 aromatic heterocycles. The van der Waals surface area contributed by atoms with E-state index in [0.717, 1.165) is 24.3 Å². The van der Waals surface area contributed by atoms with Gasteiger partial charge in [0.25, 0.3) is 0 Å². The van der Waals surface area contributed by atoms with Crippen LogP contribution in [0.4, 0.5) is 0 Å². The lowest BCUT2D eigenvalue weighted by molar-refractivity contribution is -0.359. The van der Waals surface area contributed by atoms with Crippen molar-refractivity contribution in [2.24, 2.45) is 0 Å². The van der Waals surface area contributed by atoms with Gasteiger partial charge in [-0.25, -0.2) is 4.79 Å². The van der Waals surface area contributed by atoms with Gasteiger partial charge < -0.3 is 98.5 Å². The molecule has 65 heavy (non-hydrogen) atoms. The summed E-state index contributed by atoms with van der Waals surface area (Å²) < 4.78 is 51.0. The fraction of sp³-hybridized carbons (Fsp3) is 0.442. The lowest BCUT2D eigenvalue weighted by atomic mass is 9.97. The lowest BCUT2D eigenvalue weighted by Gasteiger charge is -2.46. The average Bonchev–Trinajstić information content (AvgIpc) is 3.28. The molecule has 22 heteroatoms. The number of ether oxygens (including phenoxy) is 8. The average molecular weight is 917 g/mol. The first-order chi connectivity index (χ1) is 30.9. The highest BCUT2D eigenvalue weighted by Crippen LogP contribution is 2.40. The van der Waals surface area contributed by atoms with Crippen LogP contribution in [-0.2, 0) is 33.2 Å². The van der Waals surface area contributed by atoms with Gasteiger partial charge in [-0.2, -0.15) is 0 Å². The Morgan fingerprint density at radius 3 is 2.03 bits per heavy atom. The molecule has 3 aliphatic heterocycles. The van der Waals surface area contributed by atoms with Gasteiger partial charge in [0.05, 0.1) is 25.9 Å². The van der Waals surface area contributed by atoms with Crippen LogP contribution in [0.15, 0.2) is 69.9 Å². The summed E-state index contributed by atoms with van der Waals surface area (Å²) in [4.78, 5) is 26.7. The number of hydrogen-bond donors (Lipinski definition) is 11. The van der Waals surface area contributed by atoms with Crippen molar-refractivity contribution in [2.75, 3.05) is 13.7 Å². The molecule has 0 amide bonds. The van der Waals surface area contributed by atoms with E-state index in [1.807, 2.05) is 0 Å². The minimum Gasteiger partial charge on any atom is -0.508 e. The number of rotatable bonds is 12. The highest BCUT2D eigenvalue weighted by Gasteiger charge is 2.52. The van der Waals surface area contributed by atoms with Crippen LogP contribution in [-0.4, -0.2) is 168 Å². The Hall–Kier alpha value is -5.60. The van der Waals surface area contributed by atoms with Crippen LogP contribution >= 0.6 is 0 Å². The topological polar surface area (TPSA) is 344 Å². The Morgan fingerprint density at radius 1 is 0.692 bits per heavy atom. The lowest BCUT2D eigenvalue weighted by Crippen LogP contribution is -2.64. The normalized spacial score (nSPS) is 32.9. The van der Waals surface area contributed by atoms with Gasteiger partial charge in [-0.1, -0.05) is 12.1 Å². The van der Waals surface area contributed by atoms with E-state index in [2.05, 4.69) is 0 Å². The number of phenols is 4. The van der Waals surface area contributed by atoms with E-state index in [0.29, 0.717) is 5.56 Å². The highest BCUT2D eigenvalue weighted by atomic mass is 16.7. The van der Waals surface area contributed by atoms with Crippen molar-refractivity contribution in [1.29, 1.82) is 0 Å². The standard InChI is InChI=1S/C43H48O22/c1-16-30(50)39(64-43-36(56)38(29(49)17(2)60-43)63-27(48)11-6-18-4-8-20(44)9-5-18)35(55)41(59-16)58-15-26-31(51)33(53)34(54)42(62-26)65-40-32(52)28-24(47)13-21(57-3)14-25(28)61-37(40)19-7-10-22(45)23(46)12-19/h4-14,16-17,26,29-31,33-36,38-39,41-47,49-51,53-56H,15H2,1-3H3/b11-6+/t16-,17-,26-,29-,30-,31-,33+,34-,35+,36+,38-,39-,41+,42-,43-/m0/s1. The maximum Gasteiger partial charge on any atom is 0.331 e. The molecule has 0 bridgehead atoms. The molecule has 352 valence electrons. The van der Waals surface area contributed by atoms with Crippen LogP contribution in [0.5, 0.6) is 34.5 Å². The molecule has 0 aliphatic carbocycles. The number of aromatic hydroxyl groups is 4. The predicted molar refractivity (Wildman–Crippen MR) is 217 cm³/mol. The molecule has 11 N–H and O–H groups in total. The fourth-order valence-electron chi connectivity index (χ4n) is 7.42. The van der Waals surface area contributed by atoms with Gasteiger partial charge in [0.15, 0.2) is 35.9 Å². The molecule has 0 radical (unpaired) electrons. The zero-order valence-electron chi connectivity index (χ0n) is 34.6. The van der Waals surface area contributed by atoms with Gasteiger partial charge in [-0.15, -0.1) is 0 Å². The highest BCUT2D eigenvalue weighted by molar-refractivity contribution is 5.89. The van der Waals surface area contributed by atoms with Crippen molar-refractivity contribution in [3.8, 4) is 45.8 Å². The number of carbonyl (C=O) groups is 1. The first-order valence-electron chi connectivity index (χ1n) is 20.1. The summed E-state index contributed by atoms with van der Waals surface area (Å²) >= 11 is 0. The number of carbonyl (C=O) groups excluding carboxylic acids is 1. The number of methoxy groups -OCH3 is 1. The maximum atomic E-state index is 14.0. The Bertz CT molecular complexity index is 2400. The monoisotopic (exact) mass is 916 g/mol. The number of aliphatic hydroxyl groups excluding tert-OH is 7. The Morgan fingerprint density at radius 2 is 1.35 bits per heavy atom. The molecule has 3 fully saturated rings. The minimum atomic E-state index is -2.05. The van der Waals surface area contributed by atoms with Gasteiger partial charge in [0.1, 0.15) is 83.2 Å². The van der Waals surface area contributed by atoms with E-state index < -0.39 is 144 Å². The number of aliphatic hydroxyl groups is 7. The zero-order chi connectivity index (χ0) is 47.0. The second kappa shape index (κ2) is 19.5. The van der Waals surface area contributed by atoms with Crippen LogP contribution in [0.2, 0.25) is 0 Å². The van der Waals surface area contributed by atoms with E-state index >= 15 is 0 Å². The summed E-state index contributed by atoms with van der Waals surface area (Å²) in [7, 11) is 1.30. The van der Waals surface area contributed by atoms with Crippen LogP contribution in [0.25, 0.3) is 28.4 Å². The minimum absolute atomic E-state index is 0.00960. The molecule has 3 aliphatic rings. The van der Waals surface area contributed by atoms with Crippen LogP contribution in [0.3, 0.4) is 0 Å². The summed E-state index contributed by atoms with van der Waals surface area (Å²) in [5.41, 5.74) is -0.717. The van der Waals surface area contributed by atoms with E-state index in [-0.39, 0.29) is 22.6 Å². The van der Waals surface area contributed by atoms with E-state index in [1.165, 1.54) is 63.4 Å². The second-order valence-electron chi connectivity index (χ2n) is 15.6. The maximum absolute atomic E-state index is 14.0. The van der Waals surface area contributed by atoms with Crippen molar-refractivity contribution in [2.45, 2.75) is 106 Å². The van der Waals surface area contributed by atoms with Crippen molar-refractivity contribution >= 4 is 23.0 Å². The summed E-state index contributed by atoms with van der Waals surface area (Å²) in [5, 5.41) is 117. The number of esters is 1. The molecule has 15 atom stereocenters. The van der Waals surface area contributed by atoms with Crippen molar-refractivity contribution < 1.29 is 103 Å². The number of hydrogen-bond acceptors (Lipinski definition) is 22.